The summed E-state index contributed by atoms with van der Waals surface area (Å²) in [5.41, 5.74) is 3.96. The second-order valence-corrected chi connectivity index (χ2v) is 6.15. The van der Waals surface area contributed by atoms with Crippen molar-refractivity contribution in [1.82, 2.24) is 24.1 Å². The lowest BCUT2D eigenvalue weighted by atomic mass is 10.1. The minimum absolute atomic E-state index is 0.544. The van der Waals surface area contributed by atoms with E-state index in [-0.39, 0.29) is 0 Å². The van der Waals surface area contributed by atoms with E-state index in [0.29, 0.717) is 12.5 Å². The first-order valence-electron chi connectivity index (χ1n) is 8.30. The number of fused-ring (bicyclic) bond motifs is 2. The average Bonchev–Trinajstić information content (AvgIpc) is 3.41. The third kappa shape index (κ3) is 2.33. The highest BCUT2D eigenvalue weighted by Crippen LogP contribution is 2.28. The average molecular weight is 344 g/mol. The molecule has 1 N–H and O–H groups in total. The van der Waals surface area contributed by atoms with Gasteiger partial charge in [0, 0.05) is 35.9 Å². The lowest BCUT2D eigenvalue weighted by Crippen LogP contribution is -2.06. The smallest absolute Gasteiger partial charge is 0.210 e. The molecule has 26 heavy (non-hydrogen) atoms. The number of anilines is 1. The van der Waals surface area contributed by atoms with Crippen molar-refractivity contribution in [3.63, 3.8) is 0 Å². The topological polar surface area (TPSA) is 73.2 Å². The van der Waals surface area contributed by atoms with Crippen LogP contribution in [0.25, 0.3) is 27.7 Å². The number of nitrogens with zero attached hydrogens (tertiary/aromatic N) is 5. The Morgan fingerprint density at radius 3 is 3.04 bits per heavy atom. The summed E-state index contributed by atoms with van der Waals surface area (Å²) in [7, 11) is 2.04. The number of hydrogen-bond acceptors (Lipinski definition) is 5. The zero-order chi connectivity index (χ0) is 17.5. The van der Waals surface area contributed by atoms with Gasteiger partial charge in [-0.05, 0) is 35.9 Å². The molecule has 4 heterocycles. The molecule has 5 aromatic rings. The first-order chi connectivity index (χ1) is 12.8. The Morgan fingerprint density at radius 2 is 2.15 bits per heavy atom. The summed E-state index contributed by atoms with van der Waals surface area (Å²) in [5.74, 6) is 1.51. The minimum Gasteiger partial charge on any atom is -0.467 e. The van der Waals surface area contributed by atoms with Crippen LogP contribution >= 0.6 is 0 Å². The van der Waals surface area contributed by atoms with Crippen LogP contribution in [0.2, 0.25) is 0 Å². The first-order valence-corrected chi connectivity index (χ1v) is 8.30. The Bertz CT molecular complexity index is 1200. The van der Waals surface area contributed by atoms with Gasteiger partial charge in [0.25, 0.3) is 0 Å². The summed E-state index contributed by atoms with van der Waals surface area (Å²) in [6.45, 7) is 0.544. The van der Waals surface area contributed by atoms with Gasteiger partial charge in [-0.15, -0.1) is 10.2 Å². The highest BCUT2D eigenvalue weighted by Gasteiger charge is 2.12. The van der Waals surface area contributed by atoms with Crippen molar-refractivity contribution < 1.29 is 4.42 Å². The van der Waals surface area contributed by atoms with Crippen LogP contribution in [-0.4, -0.2) is 24.1 Å². The fraction of sp³-hybridized carbons (Fsp3) is 0.105. The minimum atomic E-state index is 0.544. The zero-order valence-electron chi connectivity index (χ0n) is 14.1. The molecule has 0 aliphatic heterocycles. The van der Waals surface area contributed by atoms with E-state index in [1.54, 1.807) is 12.6 Å². The Hall–Kier alpha value is -3.61. The van der Waals surface area contributed by atoms with Gasteiger partial charge in [0.1, 0.15) is 12.1 Å². The summed E-state index contributed by atoms with van der Waals surface area (Å²) in [5, 5.41) is 12.8. The van der Waals surface area contributed by atoms with Gasteiger partial charge in [-0.2, -0.15) is 0 Å². The fourth-order valence-corrected chi connectivity index (χ4v) is 3.18. The zero-order valence-corrected chi connectivity index (χ0v) is 14.1. The van der Waals surface area contributed by atoms with Crippen molar-refractivity contribution in [1.29, 1.82) is 0 Å². The molecule has 0 spiro atoms. The molecule has 0 amide bonds. The molecular formula is C19H16N6O. The Kier molecular flexibility index (Phi) is 3.24. The van der Waals surface area contributed by atoms with Crippen LogP contribution in [0.4, 0.5) is 5.95 Å². The third-order valence-electron chi connectivity index (χ3n) is 4.53. The van der Waals surface area contributed by atoms with E-state index < -0.39 is 0 Å². The van der Waals surface area contributed by atoms with Gasteiger partial charge < -0.3 is 14.3 Å². The summed E-state index contributed by atoms with van der Waals surface area (Å²) in [4.78, 5) is 4.57. The summed E-state index contributed by atoms with van der Waals surface area (Å²) < 4.78 is 9.31. The van der Waals surface area contributed by atoms with E-state index in [1.807, 2.05) is 29.8 Å². The van der Waals surface area contributed by atoms with Crippen LogP contribution in [-0.2, 0) is 13.6 Å². The highest BCUT2D eigenvalue weighted by molar-refractivity contribution is 5.88. The molecule has 128 valence electrons. The van der Waals surface area contributed by atoms with Crippen LogP contribution in [0.3, 0.4) is 0 Å². The van der Waals surface area contributed by atoms with Gasteiger partial charge in [-0.25, -0.2) is 4.98 Å². The highest BCUT2D eigenvalue weighted by atomic mass is 16.3. The quantitative estimate of drug-likeness (QED) is 0.540. The van der Waals surface area contributed by atoms with Crippen molar-refractivity contribution >= 4 is 22.5 Å². The standard InChI is InChI=1S/C19H16N6O/c1-24-7-6-14-9-13(4-5-17(14)24)16-11-21-19(25-12-22-23-18(16)25)20-10-15-3-2-8-26-15/h2-9,11-12H,10H2,1H3,(H,20,21). The molecule has 0 fully saturated rings. The molecule has 0 aliphatic rings. The largest absolute Gasteiger partial charge is 0.467 e. The van der Waals surface area contributed by atoms with E-state index in [1.165, 1.54) is 10.9 Å². The number of aromatic nitrogens is 5. The number of aryl methyl sites for hydroxylation is 1. The predicted octanol–water partition coefficient (Wildman–Crippen LogP) is 3.49. The summed E-state index contributed by atoms with van der Waals surface area (Å²) in [6, 6.07) is 12.2. The van der Waals surface area contributed by atoms with Crippen molar-refractivity contribution in [2.45, 2.75) is 6.54 Å². The first kappa shape index (κ1) is 14.7. The maximum atomic E-state index is 5.35. The maximum Gasteiger partial charge on any atom is 0.210 e. The van der Waals surface area contributed by atoms with E-state index in [4.69, 9.17) is 4.42 Å². The molecule has 0 unspecified atom stereocenters. The van der Waals surface area contributed by atoms with Crippen molar-refractivity contribution in [3.8, 4) is 11.1 Å². The van der Waals surface area contributed by atoms with E-state index in [9.17, 15) is 0 Å². The molecule has 0 aliphatic carbocycles. The number of furan rings is 1. The molecule has 7 heteroatoms. The third-order valence-corrected chi connectivity index (χ3v) is 4.53. The van der Waals surface area contributed by atoms with Crippen LogP contribution in [0.15, 0.2) is 65.8 Å². The Balaban J connectivity index is 1.56. The molecule has 0 saturated carbocycles. The van der Waals surface area contributed by atoms with Crippen LogP contribution in [0.5, 0.6) is 0 Å². The molecule has 0 saturated heterocycles. The number of nitrogens with one attached hydrogen (secondary N) is 1. The van der Waals surface area contributed by atoms with Crippen LogP contribution < -0.4 is 5.32 Å². The van der Waals surface area contributed by atoms with Gasteiger partial charge in [0.05, 0.1) is 12.8 Å². The molecule has 4 aromatic heterocycles. The maximum absolute atomic E-state index is 5.35. The molecule has 0 atom stereocenters. The molecule has 0 radical (unpaired) electrons. The van der Waals surface area contributed by atoms with Gasteiger partial charge in [0.2, 0.25) is 5.95 Å². The van der Waals surface area contributed by atoms with E-state index in [0.717, 1.165) is 22.5 Å². The SMILES string of the molecule is Cn1ccc2cc(-c3cnc(NCc4ccco4)n4cnnc34)ccc21. The predicted molar refractivity (Wildman–Crippen MR) is 98.7 cm³/mol. The Morgan fingerprint density at radius 1 is 1.19 bits per heavy atom. The monoisotopic (exact) mass is 344 g/mol. The normalized spacial score (nSPS) is 11.4. The van der Waals surface area contributed by atoms with E-state index in [2.05, 4.69) is 55.5 Å². The Labute approximate surface area is 148 Å². The van der Waals surface area contributed by atoms with Gasteiger partial charge in [-0.3, -0.25) is 4.40 Å². The molecule has 5 rings (SSSR count). The lowest BCUT2D eigenvalue weighted by Gasteiger charge is -2.09. The van der Waals surface area contributed by atoms with Crippen molar-refractivity contribution in [2.75, 3.05) is 5.32 Å². The summed E-state index contributed by atoms with van der Waals surface area (Å²) >= 11 is 0. The molecule has 7 nitrogen and oxygen atoms in total. The van der Waals surface area contributed by atoms with Gasteiger partial charge in [0.15, 0.2) is 5.65 Å². The molecule has 1 aromatic carbocycles. The van der Waals surface area contributed by atoms with Crippen LogP contribution in [0.1, 0.15) is 5.76 Å². The molecular weight excluding hydrogens is 328 g/mol. The second-order valence-electron chi connectivity index (χ2n) is 6.15. The van der Waals surface area contributed by atoms with Gasteiger partial charge in [-0.1, -0.05) is 6.07 Å². The van der Waals surface area contributed by atoms with Crippen molar-refractivity contribution in [2.24, 2.45) is 7.05 Å². The second kappa shape index (κ2) is 5.73. The van der Waals surface area contributed by atoms with Crippen LogP contribution in [0, 0.1) is 0 Å². The van der Waals surface area contributed by atoms with Gasteiger partial charge >= 0.3 is 0 Å². The fourth-order valence-electron chi connectivity index (χ4n) is 3.18. The van der Waals surface area contributed by atoms with Crippen molar-refractivity contribution in [3.05, 3.63) is 67.1 Å². The number of rotatable bonds is 4. The number of hydrogen-bond donors (Lipinski definition) is 1. The lowest BCUT2D eigenvalue weighted by molar-refractivity contribution is 0.517. The number of benzene rings is 1. The molecule has 0 bridgehead atoms. The summed E-state index contributed by atoms with van der Waals surface area (Å²) in [6.07, 6.45) is 7.21. The van der Waals surface area contributed by atoms with E-state index >= 15 is 0 Å².